The molecule has 100 valence electrons. The summed E-state index contributed by atoms with van der Waals surface area (Å²) in [5, 5.41) is 0.789. The van der Waals surface area contributed by atoms with Crippen LogP contribution in [-0.2, 0) is 6.42 Å². The van der Waals surface area contributed by atoms with Crippen LogP contribution in [-0.4, -0.2) is 5.88 Å². The van der Waals surface area contributed by atoms with E-state index in [0.29, 0.717) is 11.8 Å². The van der Waals surface area contributed by atoms with Gasteiger partial charge in [0.15, 0.2) is 0 Å². The fourth-order valence-electron chi connectivity index (χ4n) is 2.14. The minimum absolute atomic E-state index is 0.292. The monoisotopic (exact) mass is 356 g/mol. The summed E-state index contributed by atoms with van der Waals surface area (Å²) in [6, 6.07) is 14.5. The highest BCUT2D eigenvalue weighted by Crippen LogP contribution is 2.28. The fourth-order valence-corrected chi connectivity index (χ4v) is 3.18. The van der Waals surface area contributed by atoms with Crippen LogP contribution in [0.1, 0.15) is 22.6 Å². The Labute approximate surface area is 132 Å². The van der Waals surface area contributed by atoms with E-state index < -0.39 is 0 Å². The second kappa shape index (κ2) is 6.78. The van der Waals surface area contributed by atoms with Crippen LogP contribution < -0.4 is 0 Å². The molecule has 0 saturated carbocycles. The quantitative estimate of drug-likeness (QED) is 0.590. The van der Waals surface area contributed by atoms with Gasteiger partial charge in [-0.1, -0.05) is 63.4 Å². The maximum Gasteiger partial charge on any atom is 0.0449 e. The number of halogens is 3. The highest BCUT2D eigenvalue weighted by atomic mass is 79.9. The maximum atomic E-state index is 6.28. The lowest BCUT2D eigenvalue weighted by Crippen LogP contribution is -2.05. The molecule has 0 radical (unpaired) electrons. The number of hydrogen-bond acceptors (Lipinski definition) is 0. The van der Waals surface area contributed by atoms with Gasteiger partial charge < -0.3 is 0 Å². The van der Waals surface area contributed by atoms with E-state index in [9.17, 15) is 0 Å². The van der Waals surface area contributed by atoms with Gasteiger partial charge in [-0.25, -0.2) is 0 Å². The summed E-state index contributed by atoms with van der Waals surface area (Å²) in [6.07, 6.45) is 0.860. The van der Waals surface area contributed by atoms with E-state index in [1.165, 1.54) is 11.1 Å². The van der Waals surface area contributed by atoms with Gasteiger partial charge in [-0.3, -0.25) is 0 Å². The van der Waals surface area contributed by atoms with Crippen LogP contribution in [0.5, 0.6) is 0 Å². The van der Waals surface area contributed by atoms with Crippen molar-refractivity contribution in [1.29, 1.82) is 0 Å². The minimum atomic E-state index is 0.292. The van der Waals surface area contributed by atoms with Gasteiger partial charge in [-0.2, -0.15) is 0 Å². The zero-order valence-corrected chi connectivity index (χ0v) is 13.8. The van der Waals surface area contributed by atoms with Gasteiger partial charge in [0.1, 0.15) is 0 Å². The van der Waals surface area contributed by atoms with Crippen molar-refractivity contribution >= 4 is 39.1 Å². The third-order valence-corrected chi connectivity index (χ3v) is 4.40. The minimum Gasteiger partial charge on any atom is -0.126 e. The summed E-state index contributed by atoms with van der Waals surface area (Å²) in [4.78, 5) is 0. The molecule has 0 aliphatic carbocycles. The molecule has 0 bridgehead atoms. The number of benzene rings is 2. The predicted molar refractivity (Wildman–Crippen MR) is 87.5 cm³/mol. The van der Waals surface area contributed by atoms with Crippen molar-refractivity contribution in [3.63, 3.8) is 0 Å². The maximum absolute atomic E-state index is 6.28. The molecule has 0 aliphatic heterocycles. The Hall–Kier alpha value is -0.500. The molecule has 3 heteroatoms. The van der Waals surface area contributed by atoms with Crippen molar-refractivity contribution in [2.24, 2.45) is 0 Å². The van der Waals surface area contributed by atoms with Gasteiger partial charge in [0.25, 0.3) is 0 Å². The molecule has 0 heterocycles. The Balaban J connectivity index is 2.24. The average molecular weight is 358 g/mol. The molecule has 0 spiro atoms. The van der Waals surface area contributed by atoms with Gasteiger partial charge in [0, 0.05) is 21.3 Å². The second-order valence-corrected chi connectivity index (χ2v) is 6.34. The molecule has 2 rings (SSSR count). The average Bonchev–Trinajstić information content (AvgIpc) is 2.38. The first-order valence-electron chi connectivity index (χ1n) is 6.16. The van der Waals surface area contributed by atoms with Crippen molar-refractivity contribution in [1.82, 2.24) is 0 Å². The molecule has 2 aromatic rings. The predicted octanol–water partition coefficient (Wildman–Crippen LogP) is 5.98. The number of aryl methyl sites for hydroxylation is 1. The first-order chi connectivity index (χ1) is 9.10. The first-order valence-corrected chi connectivity index (χ1v) is 7.87. The highest BCUT2D eigenvalue weighted by molar-refractivity contribution is 9.10. The van der Waals surface area contributed by atoms with E-state index in [2.05, 4.69) is 53.2 Å². The van der Waals surface area contributed by atoms with Gasteiger partial charge in [-0.15, -0.1) is 11.6 Å². The van der Waals surface area contributed by atoms with Crippen molar-refractivity contribution in [2.45, 2.75) is 19.3 Å². The third kappa shape index (κ3) is 3.98. The topological polar surface area (TPSA) is 0 Å². The Morgan fingerprint density at radius 2 is 1.95 bits per heavy atom. The van der Waals surface area contributed by atoms with Gasteiger partial charge >= 0.3 is 0 Å². The molecule has 0 aromatic heterocycles. The van der Waals surface area contributed by atoms with Gasteiger partial charge in [0.2, 0.25) is 0 Å². The van der Waals surface area contributed by atoms with Crippen molar-refractivity contribution in [3.05, 3.63) is 68.7 Å². The molecular formula is C16H15BrCl2. The smallest absolute Gasteiger partial charge is 0.0449 e. The largest absolute Gasteiger partial charge is 0.126 e. The third-order valence-electron chi connectivity index (χ3n) is 3.18. The summed E-state index contributed by atoms with van der Waals surface area (Å²) in [7, 11) is 0. The first kappa shape index (κ1) is 14.9. The summed E-state index contributed by atoms with van der Waals surface area (Å²) in [5.41, 5.74) is 3.67. The molecule has 0 nitrogen and oxygen atoms in total. The highest BCUT2D eigenvalue weighted by Gasteiger charge is 2.13. The zero-order chi connectivity index (χ0) is 13.8. The number of alkyl halides is 1. The lowest BCUT2D eigenvalue weighted by Gasteiger charge is -2.16. The zero-order valence-electron chi connectivity index (χ0n) is 10.7. The summed E-state index contributed by atoms with van der Waals surface area (Å²) in [5.74, 6) is 0.885. The Morgan fingerprint density at radius 1 is 1.16 bits per heavy atom. The normalized spacial score (nSPS) is 12.4. The van der Waals surface area contributed by atoms with Crippen molar-refractivity contribution in [2.75, 3.05) is 5.88 Å². The lowest BCUT2D eigenvalue weighted by atomic mass is 9.92. The molecule has 19 heavy (non-hydrogen) atoms. The molecular weight excluding hydrogens is 343 g/mol. The standard InChI is InChI=1S/C16H15BrCl2/c1-11-3-2-4-12(7-11)14(10-18)8-13-5-6-15(17)9-16(13)19/h2-7,9,14H,8,10H2,1H3. The number of rotatable bonds is 4. The van der Waals surface area contributed by atoms with Gasteiger partial charge in [-0.05, 0) is 36.6 Å². The molecule has 0 saturated heterocycles. The van der Waals surface area contributed by atoms with Crippen molar-refractivity contribution < 1.29 is 0 Å². The molecule has 0 aliphatic rings. The summed E-state index contributed by atoms with van der Waals surface area (Å²) >= 11 is 15.8. The van der Waals surface area contributed by atoms with E-state index in [4.69, 9.17) is 23.2 Å². The van der Waals surface area contributed by atoms with Crippen LogP contribution in [0.15, 0.2) is 46.9 Å². The van der Waals surface area contributed by atoms with E-state index in [0.717, 1.165) is 21.5 Å². The molecule has 0 N–H and O–H groups in total. The SMILES string of the molecule is Cc1cccc(C(CCl)Cc2ccc(Br)cc2Cl)c1. The van der Waals surface area contributed by atoms with E-state index in [1.807, 2.05) is 12.1 Å². The second-order valence-electron chi connectivity index (χ2n) is 4.71. The molecule has 1 unspecified atom stereocenters. The fraction of sp³-hybridized carbons (Fsp3) is 0.250. The van der Waals surface area contributed by atoms with Crippen LogP contribution >= 0.6 is 39.1 Å². The van der Waals surface area contributed by atoms with Crippen LogP contribution in [0, 0.1) is 6.92 Å². The summed E-state index contributed by atoms with van der Waals surface area (Å²) in [6.45, 7) is 2.10. The molecule has 1 atom stereocenters. The molecule has 0 amide bonds. The van der Waals surface area contributed by atoms with E-state index in [-0.39, 0.29) is 0 Å². The van der Waals surface area contributed by atoms with Crippen LogP contribution in [0.4, 0.5) is 0 Å². The number of hydrogen-bond donors (Lipinski definition) is 0. The molecule has 0 fully saturated rings. The van der Waals surface area contributed by atoms with Crippen LogP contribution in [0.25, 0.3) is 0 Å². The van der Waals surface area contributed by atoms with E-state index >= 15 is 0 Å². The Morgan fingerprint density at radius 3 is 2.58 bits per heavy atom. The van der Waals surface area contributed by atoms with Gasteiger partial charge in [0.05, 0.1) is 0 Å². The Kier molecular flexibility index (Phi) is 5.32. The summed E-state index contributed by atoms with van der Waals surface area (Å²) < 4.78 is 0.999. The Bertz CT molecular complexity index is 566. The van der Waals surface area contributed by atoms with Crippen molar-refractivity contribution in [3.8, 4) is 0 Å². The van der Waals surface area contributed by atoms with E-state index in [1.54, 1.807) is 0 Å². The van der Waals surface area contributed by atoms with Crippen LogP contribution in [0.2, 0.25) is 5.02 Å². The lowest BCUT2D eigenvalue weighted by molar-refractivity contribution is 0.765. The van der Waals surface area contributed by atoms with Crippen LogP contribution in [0.3, 0.4) is 0 Å². The molecule has 2 aromatic carbocycles.